The van der Waals surface area contributed by atoms with Crippen LogP contribution in [0, 0.1) is 0 Å². The second-order valence-electron chi connectivity index (χ2n) is 6.78. The van der Waals surface area contributed by atoms with Crippen LogP contribution >= 0.6 is 0 Å². The molecule has 3 heteroatoms. The lowest BCUT2D eigenvalue weighted by Crippen LogP contribution is -2.44. The molecule has 0 radical (unpaired) electrons. The monoisotopic (exact) mass is 355 g/mol. The van der Waals surface area contributed by atoms with E-state index in [4.69, 9.17) is 0 Å². The topological polar surface area (TPSA) is 40.5 Å². The lowest BCUT2D eigenvalue weighted by Gasteiger charge is -2.30. The Hall–Kier alpha value is -3.17. The van der Waals surface area contributed by atoms with Crippen molar-refractivity contribution in [3.05, 3.63) is 114 Å². The van der Waals surface area contributed by atoms with Gasteiger partial charge in [0.25, 0.3) is 5.91 Å². The van der Waals surface area contributed by atoms with Gasteiger partial charge in [-0.2, -0.15) is 0 Å². The smallest absolute Gasteiger partial charge is 0.264 e. The highest BCUT2D eigenvalue weighted by molar-refractivity contribution is 6.07. The Bertz CT molecular complexity index is 968. The number of fused-ring (bicyclic) bond motifs is 1. The summed E-state index contributed by atoms with van der Waals surface area (Å²) in [4.78, 5) is 15.2. The van der Waals surface area contributed by atoms with Gasteiger partial charge in [-0.25, -0.2) is 0 Å². The van der Waals surface area contributed by atoms with Crippen molar-refractivity contribution in [1.82, 2.24) is 0 Å². The maximum Gasteiger partial charge on any atom is 0.264 e. The molecule has 0 unspecified atom stereocenters. The summed E-state index contributed by atoms with van der Waals surface area (Å²) in [5.74, 6) is -0.852. The second-order valence-corrected chi connectivity index (χ2v) is 6.78. The largest absolute Gasteiger partial charge is 0.374 e. The van der Waals surface area contributed by atoms with Crippen molar-refractivity contribution >= 4 is 11.6 Å². The fourth-order valence-corrected chi connectivity index (χ4v) is 3.89. The first kappa shape index (κ1) is 17.3. The average Bonchev–Trinajstić information content (AvgIpc) is 2.93. The van der Waals surface area contributed by atoms with Crippen molar-refractivity contribution in [2.24, 2.45) is 0 Å². The first-order valence-electron chi connectivity index (χ1n) is 9.01. The van der Waals surface area contributed by atoms with E-state index in [2.05, 4.69) is 6.58 Å². The summed E-state index contributed by atoms with van der Waals surface area (Å²) in [6.45, 7) is 4.33. The van der Waals surface area contributed by atoms with Gasteiger partial charge < -0.3 is 10.0 Å². The number of hydrogen-bond acceptors (Lipinski definition) is 2. The van der Waals surface area contributed by atoms with Crippen molar-refractivity contribution in [3.63, 3.8) is 0 Å². The van der Waals surface area contributed by atoms with E-state index in [0.717, 1.165) is 16.8 Å². The number of para-hydroxylation sites is 1. The van der Waals surface area contributed by atoms with Crippen LogP contribution in [0.2, 0.25) is 0 Å². The summed E-state index contributed by atoms with van der Waals surface area (Å²) < 4.78 is 0. The first-order chi connectivity index (χ1) is 13.2. The fraction of sp³-hybridized carbons (Fsp3) is 0.125. The zero-order chi connectivity index (χ0) is 18.9. The van der Waals surface area contributed by atoms with Gasteiger partial charge in [0, 0.05) is 11.5 Å². The Morgan fingerprint density at radius 1 is 0.926 bits per heavy atom. The fourth-order valence-electron chi connectivity index (χ4n) is 3.89. The molecule has 1 N–H and O–H groups in total. The number of aliphatic hydroxyl groups is 1. The van der Waals surface area contributed by atoms with Gasteiger partial charge in [0.1, 0.15) is 0 Å². The van der Waals surface area contributed by atoms with Crippen molar-refractivity contribution in [1.29, 1.82) is 0 Å². The highest BCUT2D eigenvalue weighted by atomic mass is 16.3. The van der Waals surface area contributed by atoms with E-state index in [1.165, 1.54) is 0 Å². The van der Waals surface area contributed by atoms with Gasteiger partial charge in [0.15, 0.2) is 5.60 Å². The van der Waals surface area contributed by atoms with Crippen molar-refractivity contribution in [3.8, 4) is 0 Å². The molecular weight excluding hydrogens is 334 g/mol. The van der Waals surface area contributed by atoms with Gasteiger partial charge in [-0.05, 0) is 17.2 Å². The zero-order valence-electron chi connectivity index (χ0n) is 15.0. The van der Waals surface area contributed by atoms with Gasteiger partial charge >= 0.3 is 0 Å². The molecule has 0 saturated heterocycles. The van der Waals surface area contributed by atoms with Gasteiger partial charge in [-0.15, -0.1) is 6.58 Å². The molecule has 0 aliphatic carbocycles. The van der Waals surface area contributed by atoms with Crippen molar-refractivity contribution in [2.75, 3.05) is 4.90 Å². The van der Waals surface area contributed by atoms with Crippen LogP contribution < -0.4 is 4.90 Å². The number of hydrogen-bond donors (Lipinski definition) is 1. The molecule has 0 saturated carbocycles. The highest BCUT2D eigenvalue weighted by Gasteiger charge is 2.54. The van der Waals surface area contributed by atoms with Crippen LogP contribution in [0.4, 0.5) is 5.69 Å². The van der Waals surface area contributed by atoms with Crippen LogP contribution in [0.3, 0.4) is 0 Å². The summed E-state index contributed by atoms with van der Waals surface area (Å²) >= 11 is 0. The Kier molecular flexibility index (Phi) is 4.38. The van der Waals surface area contributed by atoms with E-state index in [1.54, 1.807) is 11.0 Å². The molecule has 1 aliphatic heterocycles. The molecule has 4 rings (SSSR count). The quantitative estimate of drug-likeness (QED) is 0.690. The summed E-state index contributed by atoms with van der Waals surface area (Å²) in [7, 11) is 0. The minimum atomic E-state index is -1.67. The molecule has 27 heavy (non-hydrogen) atoms. The molecule has 1 heterocycles. The minimum Gasteiger partial charge on any atom is -0.374 e. The van der Waals surface area contributed by atoms with Crippen LogP contribution in [0.25, 0.3) is 0 Å². The van der Waals surface area contributed by atoms with Gasteiger partial charge in [-0.1, -0.05) is 84.9 Å². The standard InChI is InChI=1S/C24H21NO2/c1-2-20(19-13-7-4-8-14-19)24(27)21-15-9-10-16-22(21)25(23(24)26)17-18-11-5-3-6-12-18/h2-16,20,27H,1,17H2/t20-,24+/m1/s1. The molecule has 3 aromatic carbocycles. The number of carbonyl (C=O) groups excluding carboxylic acids is 1. The van der Waals surface area contributed by atoms with Crippen molar-refractivity contribution < 1.29 is 9.90 Å². The van der Waals surface area contributed by atoms with Gasteiger partial charge in [0.05, 0.1) is 12.2 Å². The molecule has 3 nitrogen and oxygen atoms in total. The molecule has 0 fully saturated rings. The van der Waals surface area contributed by atoms with Crippen LogP contribution in [-0.4, -0.2) is 11.0 Å². The maximum absolute atomic E-state index is 13.5. The van der Waals surface area contributed by atoms with Crippen molar-refractivity contribution in [2.45, 2.75) is 18.1 Å². The average molecular weight is 355 g/mol. The third-order valence-electron chi connectivity index (χ3n) is 5.20. The minimum absolute atomic E-state index is 0.318. The molecule has 1 aliphatic rings. The SMILES string of the molecule is C=C[C@H](c1ccccc1)[C@@]1(O)C(=O)N(Cc2ccccc2)c2ccccc21. The lowest BCUT2D eigenvalue weighted by atomic mass is 9.78. The summed E-state index contributed by atoms with van der Waals surface area (Å²) in [5, 5.41) is 11.7. The predicted molar refractivity (Wildman–Crippen MR) is 107 cm³/mol. The van der Waals surface area contributed by atoms with E-state index in [0.29, 0.717) is 12.1 Å². The Labute approximate surface area is 159 Å². The number of rotatable bonds is 5. The van der Waals surface area contributed by atoms with E-state index in [1.807, 2.05) is 84.9 Å². The Morgan fingerprint density at radius 2 is 1.52 bits per heavy atom. The molecule has 2 atom stereocenters. The van der Waals surface area contributed by atoms with Gasteiger partial charge in [0.2, 0.25) is 0 Å². The summed E-state index contributed by atoms with van der Waals surface area (Å²) in [6, 6.07) is 26.8. The molecule has 0 spiro atoms. The predicted octanol–water partition coefficient (Wildman–Crippen LogP) is 4.39. The molecule has 0 aromatic heterocycles. The summed E-state index contributed by atoms with van der Waals surface area (Å²) in [6.07, 6.45) is 1.66. The maximum atomic E-state index is 13.5. The number of nitrogens with zero attached hydrogens (tertiary/aromatic N) is 1. The normalized spacial score (nSPS) is 19.6. The summed E-state index contributed by atoms with van der Waals surface area (Å²) in [5.41, 5.74) is 1.57. The van der Waals surface area contributed by atoms with E-state index in [9.17, 15) is 9.90 Å². The number of carbonyl (C=O) groups is 1. The zero-order valence-corrected chi connectivity index (χ0v) is 15.0. The third kappa shape index (κ3) is 2.77. The molecular formula is C24H21NO2. The van der Waals surface area contributed by atoms with Crippen LogP contribution in [0.5, 0.6) is 0 Å². The van der Waals surface area contributed by atoms with E-state index in [-0.39, 0.29) is 5.91 Å². The lowest BCUT2D eigenvalue weighted by molar-refractivity contribution is -0.137. The second kappa shape index (κ2) is 6.86. The number of anilines is 1. The van der Waals surface area contributed by atoms with Gasteiger partial charge in [-0.3, -0.25) is 4.79 Å². The Morgan fingerprint density at radius 3 is 2.19 bits per heavy atom. The number of benzene rings is 3. The molecule has 1 amide bonds. The third-order valence-corrected chi connectivity index (χ3v) is 5.20. The van der Waals surface area contributed by atoms with E-state index >= 15 is 0 Å². The first-order valence-corrected chi connectivity index (χ1v) is 9.01. The molecule has 3 aromatic rings. The molecule has 134 valence electrons. The highest BCUT2D eigenvalue weighted by Crippen LogP contribution is 2.49. The van der Waals surface area contributed by atoms with Crippen LogP contribution in [0.1, 0.15) is 22.6 Å². The molecule has 0 bridgehead atoms. The Balaban J connectivity index is 1.82. The van der Waals surface area contributed by atoms with Crippen LogP contribution in [-0.2, 0) is 16.9 Å². The van der Waals surface area contributed by atoms with E-state index < -0.39 is 11.5 Å². The number of amides is 1. The van der Waals surface area contributed by atoms with Crippen LogP contribution in [0.15, 0.2) is 97.6 Å².